The van der Waals surface area contributed by atoms with Crippen molar-refractivity contribution in [2.75, 3.05) is 26.7 Å². The molecule has 0 fully saturated rings. The summed E-state index contributed by atoms with van der Waals surface area (Å²) in [4.78, 5) is 2.39. The molecule has 0 radical (unpaired) electrons. The Morgan fingerprint density at radius 3 is 2.23 bits per heavy atom. The van der Waals surface area contributed by atoms with Crippen molar-refractivity contribution in [2.24, 2.45) is 17.1 Å². The molecule has 0 bridgehead atoms. The van der Waals surface area contributed by atoms with Gasteiger partial charge in [-0.3, -0.25) is 0 Å². The van der Waals surface area contributed by atoms with Crippen LogP contribution in [0.25, 0.3) is 0 Å². The van der Waals surface area contributed by atoms with E-state index in [1.807, 2.05) is 0 Å². The van der Waals surface area contributed by atoms with Crippen LogP contribution in [0.5, 0.6) is 0 Å². The highest BCUT2D eigenvalue weighted by molar-refractivity contribution is 4.77. The minimum Gasteiger partial charge on any atom is -0.330 e. The van der Waals surface area contributed by atoms with Crippen molar-refractivity contribution in [3.63, 3.8) is 0 Å². The van der Waals surface area contributed by atoms with Gasteiger partial charge in [-0.1, -0.05) is 27.7 Å². The fourth-order valence-electron chi connectivity index (χ4n) is 1.66. The molecular formula is C11H26N2. The van der Waals surface area contributed by atoms with Crippen molar-refractivity contribution < 1.29 is 0 Å². The second-order valence-electron chi connectivity index (χ2n) is 4.96. The Hall–Kier alpha value is -0.0800. The van der Waals surface area contributed by atoms with Crippen LogP contribution in [0.4, 0.5) is 0 Å². The van der Waals surface area contributed by atoms with Crippen molar-refractivity contribution in [1.82, 2.24) is 4.90 Å². The summed E-state index contributed by atoms with van der Waals surface area (Å²) in [6, 6.07) is 0. The number of rotatable bonds is 6. The van der Waals surface area contributed by atoms with Crippen LogP contribution in [0.3, 0.4) is 0 Å². The molecule has 0 aliphatic rings. The molecule has 0 spiro atoms. The molecule has 0 amide bonds. The monoisotopic (exact) mass is 186 g/mol. The summed E-state index contributed by atoms with van der Waals surface area (Å²) in [5, 5.41) is 0. The van der Waals surface area contributed by atoms with Gasteiger partial charge in [-0.05, 0) is 31.3 Å². The molecule has 13 heavy (non-hydrogen) atoms. The lowest BCUT2D eigenvalue weighted by Gasteiger charge is -2.32. The molecule has 0 heterocycles. The van der Waals surface area contributed by atoms with Crippen LogP contribution < -0.4 is 5.73 Å². The molecule has 2 heteroatoms. The molecule has 0 aromatic carbocycles. The van der Waals surface area contributed by atoms with Gasteiger partial charge < -0.3 is 10.6 Å². The summed E-state index contributed by atoms with van der Waals surface area (Å²) in [5.74, 6) is 0.740. The van der Waals surface area contributed by atoms with E-state index in [1.165, 1.54) is 0 Å². The molecule has 2 N–H and O–H groups in total. The van der Waals surface area contributed by atoms with Gasteiger partial charge >= 0.3 is 0 Å². The highest BCUT2D eigenvalue weighted by atomic mass is 15.1. The van der Waals surface area contributed by atoms with Gasteiger partial charge in [0.15, 0.2) is 0 Å². The number of nitrogens with two attached hydrogens (primary N) is 1. The van der Waals surface area contributed by atoms with E-state index in [2.05, 4.69) is 39.6 Å². The van der Waals surface area contributed by atoms with E-state index in [-0.39, 0.29) is 0 Å². The normalized spacial score (nSPS) is 16.6. The zero-order valence-electron chi connectivity index (χ0n) is 9.93. The lowest BCUT2D eigenvalue weighted by molar-refractivity contribution is 0.178. The summed E-state index contributed by atoms with van der Waals surface area (Å²) in [7, 11) is 2.18. The van der Waals surface area contributed by atoms with Gasteiger partial charge in [0.1, 0.15) is 0 Å². The molecule has 2 nitrogen and oxygen atoms in total. The van der Waals surface area contributed by atoms with Crippen molar-refractivity contribution in [1.29, 1.82) is 0 Å². The van der Waals surface area contributed by atoms with Crippen LogP contribution in [0, 0.1) is 11.3 Å². The largest absolute Gasteiger partial charge is 0.330 e. The first-order valence-corrected chi connectivity index (χ1v) is 5.32. The Labute approximate surface area is 83.5 Å². The Balaban J connectivity index is 3.94. The predicted molar refractivity (Wildman–Crippen MR) is 59.8 cm³/mol. The molecule has 0 aliphatic carbocycles. The van der Waals surface area contributed by atoms with Crippen molar-refractivity contribution in [3.8, 4) is 0 Å². The van der Waals surface area contributed by atoms with Gasteiger partial charge in [-0.15, -0.1) is 0 Å². The van der Waals surface area contributed by atoms with Crippen LogP contribution in [0.1, 0.15) is 34.1 Å². The highest BCUT2D eigenvalue weighted by Crippen LogP contribution is 2.20. The fraction of sp³-hybridized carbons (Fsp3) is 1.00. The fourth-order valence-corrected chi connectivity index (χ4v) is 1.66. The van der Waals surface area contributed by atoms with Gasteiger partial charge in [0.25, 0.3) is 0 Å². The number of hydrogen-bond donors (Lipinski definition) is 1. The van der Waals surface area contributed by atoms with E-state index in [0.29, 0.717) is 5.41 Å². The standard InChI is InChI=1S/C11H26N2/c1-6-11(4,8-12)9-13(5)7-10(2)3/h10H,6-9,12H2,1-5H3. The second kappa shape index (κ2) is 5.61. The third-order valence-corrected chi connectivity index (χ3v) is 2.67. The van der Waals surface area contributed by atoms with Crippen molar-refractivity contribution >= 4 is 0 Å². The lowest BCUT2D eigenvalue weighted by Crippen LogP contribution is -2.39. The first-order chi connectivity index (χ1) is 5.93. The van der Waals surface area contributed by atoms with E-state index in [1.54, 1.807) is 0 Å². The second-order valence-corrected chi connectivity index (χ2v) is 4.96. The maximum atomic E-state index is 5.77. The lowest BCUT2D eigenvalue weighted by atomic mass is 9.87. The van der Waals surface area contributed by atoms with E-state index >= 15 is 0 Å². The van der Waals surface area contributed by atoms with Crippen LogP contribution in [0.2, 0.25) is 0 Å². The first kappa shape index (κ1) is 12.9. The number of nitrogens with zero attached hydrogens (tertiary/aromatic N) is 1. The van der Waals surface area contributed by atoms with Gasteiger partial charge in [0, 0.05) is 13.1 Å². The smallest absolute Gasteiger partial charge is 0.00444 e. The van der Waals surface area contributed by atoms with Crippen molar-refractivity contribution in [2.45, 2.75) is 34.1 Å². The molecule has 1 atom stereocenters. The minimum atomic E-state index is 0.295. The Morgan fingerprint density at radius 2 is 1.92 bits per heavy atom. The van der Waals surface area contributed by atoms with Crippen LogP contribution in [-0.2, 0) is 0 Å². The molecule has 80 valence electrons. The van der Waals surface area contributed by atoms with E-state index in [9.17, 15) is 0 Å². The zero-order chi connectivity index (χ0) is 10.5. The van der Waals surface area contributed by atoms with Crippen molar-refractivity contribution in [3.05, 3.63) is 0 Å². The SMILES string of the molecule is CCC(C)(CN)CN(C)CC(C)C. The topological polar surface area (TPSA) is 29.3 Å². The third kappa shape index (κ3) is 5.27. The van der Waals surface area contributed by atoms with E-state index in [0.717, 1.165) is 32.0 Å². The average molecular weight is 186 g/mol. The summed E-state index contributed by atoms with van der Waals surface area (Å²) in [6.45, 7) is 12.0. The quantitative estimate of drug-likeness (QED) is 0.687. The molecule has 0 aromatic rings. The average Bonchev–Trinajstić information content (AvgIpc) is 2.02. The maximum Gasteiger partial charge on any atom is 0.00444 e. The molecule has 0 saturated carbocycles. The summed E-state index contributed by atoms with van der Waals surface area (Å²) >= 11 is 0. The van der Waals surface area contributed by atoms with Crippen LogP contribution >= 0.6 is 0 Å². The first-order valence-electron chi connectivity index (χ1n) is 5.32. The Morgan fingerprint density at radius 1 is 1.38 bits per heavy atom. The van der Waals surface area contributed by atoms with Gasteiger partial charge in [0.2, 0.25) is 0 Å². The predicted octanol–water partition coefficient (Wildman–Crippen LogP) is 1.95. The van der Waals surface area contributed by atoms with Gasteiger partial charge in [-0.25, -0.2) is 0 Å². The molecule has 0 aliphatic heterocycles. The summed E-state index contributed by atoms with van der Waals surface area (Å²) < 4.78 is 0. The third-order valence-electron chi connectivity index (χ3n) is 2.67. The zero-order valence-corrected chi connectivity index (χ0v) is 9.93. The molecular weight excluding hydrogens is 160 g/mol. The van der Waals surface area contributed by atoms with E-state index in [4.69, 9.17) is 5.73 Å². The Bertz CT molecular complexity index is 128. The molecule has 0 aromatic heterocycles. The maximum absolute atomic E-state index is 5.77. The highest BCUT2D eigenvalue weighted by Gasteiger charge is 2.21. The molecule has 1 unspecified atom stereocenters. The minimum absolute atomic E-state index is 0.295. The Kier molecular flexibility index (Phi) is 5.57. The summed E-state index contributed by atoms with van der Waals surface area (Å²) in [5.41, 5.74) is 6.07. The summed E-state index contributed by atoms with van der Waals surface area (Å²) in [6.07, 6.45) is 1.16. The van der Waals surface area contributed by atoms with Crippen LogP contribution in [0.15, 0.2) is 0 Å². The molecule has 0 rings (SSSR count). The van der Waals surface area contributed by atoms with Gasteiger partial charge in [-0.2, -0.15) is 0 Å². The van der Waals surface area contributed by atoms with Crippen LogP contribution in [-0.4, -0.2) is 31.6 Å². The van der Waals surface area contributed by atoms with Gasteiger partial charge in [0.05, 0.1) is 0 Å². The van der Waals surface area contributed by atoms with E-state index < -0.39 is 0 Å². The number of hydrogen-bond acceptors (Lipinski definition) is 2. The molecule has 0 saturated heterocycles.